The Balaban J connectivity index is 2.49. The van der Waals surface area contributed by atoms with Crippen LogP contribution in [0.4, 0.5) is 0 Å². The van der Waals surface area contributed by atoms with Gasteiger partial charge < -0.3 is 4.74 Å². The second-order valence-electron chi connectivity index (χ2n) is 2.46. The standard InChI is InChI=1S/C8H9Cl2N3O/c1-2-3-4-5-14-7-6(9)12-13-8(10)11-7/h2H,1,3-5H2. The summed E-state index contributed by atoms with van der Waals surface area (Å²) in [7, 11) is 0. The lowest BCUT2D eigenvalue weighted by atomic mass is 10.3. The Morgan fingerprint density at radius 2 is 2.14 bits per heavy atom. The van der Waals surface area contributed by atoms with Crippen LogP contribution in [0.3, 0.4) is 0 Å². The Labute approximate surface area is 91.9 Å². The van der Waals surface area contributed by atoms with E-state index in [0.717, 1.165) is 12.8 Å². The van der Waals surface area contributed by atoms with Gasteiger partial charge in [0.25, 0.3) is 5.88 Å². The quantitative estimate of drug-likeness (QED) is 0.580. The molecule has 0 fully saturated rings. The normalized spacial score (nSPS) is 9.86. The maximum absolute atomic E-state index is 5.67. The first-order chi connectivity index (χ1) is 6.74. The van der Waals surface area contributed by atoms with Crippen molar-refractivity contribution in [3.05, 3.63) is 23.1 Å². The van der Waals surface area contributed by atoms with Crippen molar-refractivity contribution in [1.29, 1.82) is 0 Å². The number of hydrogen-bond acceptors (Lipinski definition) is 4. The molecule has 0 saturated heterocycles. The summed E-state index contributed by atoms with van der Waals surface area (Å²) in [5, 5.41) is 7.15. The van der Waals surface area contributed by atoms with E-state index >= 15 is 0 Å². The van der Waals surface area contributed by atoms with Crippen LogP contribution < -0.4 is 4.74 Å². The number of nitrogens with zero attached hydrogens (tertiary/aromatic N) is 3. The molecule has 0 saturated carbocycles. The molecule has 6 heteroatoms. The highest BCUT2D eigenvalue weighted by molar-refractivity contribution is 6.31. The molecule has 0 spiro atoms. The van der Waals surface area contributed by atoms with Crippen molar-refractivity contribution >= 4 is 23.2 Å². The molecule has 4 nitrogen and oxygen atoms in total. The molecule has 0 aromatic carbocycles. The number of halogens is 2. The van der Waals surface area contributed by atoms with Gasteiger partial charge >= 0.3 is 0 Å². The third kappa shape index (κ3) is 3.47. The summed E-state index contributed by atoms with van der Waals surface area (Å²) < 4.78 is 5.24. The highest BCUT2D eigenvalue weighted by Crippen LogP contribution is 2.19. The molecule has 1 aromatic heterocycles. The third-order valence-corrected chi connectivity index (χ3v) is 1.78. The average Bonchev–Trinajstić information content (AvgIpc) is 2.18. The number of hydrogen-bond donors (Lipinski definition) is 0. The smallest absolute Gasteiger partial charge is 0.256 e. The minimum absolute atomic E-state index is 0.0214. The van der Waals surface area contributed by atoms with Crippen LogP contribution in [0.5, 0.6) is 5.88 Å². The van der Waals surface area contributed by atoms with Gasteiger partial charge in [0, 0.05) is 0 Å². The molecule has 0 amide bonds. The molecular formula is C8H9Cl2N3O. The first-order valence-corrected chi connectivity index (χ1v) is 4.79. The van der Waals surface area contributed by atoms with Gasteiger partial charge in [-0.15, -0.1) is 16.8 Å². The largest absolute Gasteiger partial charge is 0.475 e. The van der Waals surface area contributed by atoms with E-state index in [4.69, 9.17) is 27.9 Å². The summed E-state index contributed by atoms with van der Waals surface area (Å²) in [6, 6.07) is 0. The summed E-state index contributed by atoms with van der Waals surface area (Å²) in [6.45, 7) is 4.10. The summed E-state index contributed by atoms with van der Waals surface area (Å²) in [4.78, 5) is 3.78. The fourth-order valence-electron chi connectivity index (χ4n) is 0.769. The van der Waals surface area contributed by atoms with Crippen molar-refractivity contribution < 1.29 is 4.74 Å². The second-order valence-corrected chi connectivity index (χ2v) is 3.15. The number of unbranched alkanes of at least 4 members (excludes halogenated alkanes) is 1. The van der Waals surface area contributed by atoms with Crippen LogP contribution in [0.1, 0.15) is 12.8 Å². The van der Waals surface area contributed by atoms with Crippen molar-refractivity contribution in [1.82, 2.24) is 15.2 Å². The molecule has 0 atom stereocenters. The van der Waals surface area contributed by atoms with Gasteiger partial charge in [-0.25, -0.2) is 0 Å². The highest BCUT2D eigenvalue weighted by atomic mass is 35.5. The van der Waals surface area contributed by atoms with Gasteiger partial charge in [0.2, 0.25) is 10.4 Å². The zero-order chi connectivity index (χ0) is 10.4. The van der Waals surface area contributed by atoms with Crippen molar-refractivity contribution in [3.8, 4) is 5.88 Å². The van der Waals surface area contributed by atoms with Gasteiger partial charge in [0.1, 0.15) is 0 Å². The van der Waals surface area contributed by atoms with E-state index in [2.05, 4.69) is 21.8 Å². The molecule has 0 aliphatic rings. The molecule has 0 radical (unpaired) electrons. The Morgan fingerprint density at radius 1 is 1.36 bits per heavy atom. The lowest BCUT2D eigenvalue weighted by Crippen LogP contribution is -2.01. The number of allylic oxidation sites excluding steroid dienone is 1. The van der Waals surface area contributed by atoms with Crippen molar-refractivity contribution in [2.24, 2.45) is 0 Å². The third-order valence-electron chi connectivity index (χ3n) is 1.38. The van der Waals surface area contributed by atoms with Crippen LogP contribution in [0, 0.1) is 0 Å². The van der Waals surface area contributed by atoms with Gasteiger partial charge in [0.15, 0.2) is 0 Å². The van der Waals surface area contributed by atoms with Crippen LogP contribution >= 0.6 is 23.2 Å². The van der Waals surface area contributed by atoms with Crippen LogP contribution in [-0.4, -0.2) is 21.8 Å². The molecular weight excluding hydrogens is 225 g/mol. The summed E-state index contributed by atoms with van der Waals surface area (Å²) >= 11 is 11.2. The summed E-state index contributed by atoms with van der Waals surface area (Å²) in [6.07, 6.45) is 3.54. The van der Waals surface area contributed by atoms with Gasteiger partial charge in [0.05, 0.1) is 6.61 Å². The maximum atomic E-state index is 5.67. The lowest BCUT2D eigenvalue weighted by molar-refractivity contribution is 0.298. The van der Waals surface area contributed by atoms with E-state index in [-0.39, 0.29) is 16.3 Å². The van der Waals surface area contributed by atoms with Crippen LogP contribution in [0.2, 0.25) is 10.4 Å². The Hall–Kier alpha value is -0.870. The molecule has 76 valence electrons. The molecule has 0 aliphatic carbocycles. The van der Waals surface area contributed by atoms with E-state index in [1.807, 2.05) is 6.08 Å². The zero-order valence-corrected chi connectivity index (χ0v) is 8.92. The van der Waals surface area contributed by atoms with E-state index in [9.17, 15) is 0 Å². The Kier molecular flexibility index (Phi) is 4.62. The first-order valence-electron chi connectivity index (χ1n) is 4.03. The van der Waals surface area contributed by atoms with Crippen molar-refractivity contribution in [2.45, 2.75) is 12.8 Å². The molecule has 1 aromatic rings. The first kappa shape index (κ1) is 11.2. The number of ether oxygens (including phenoxy) is 1. The van der Waals surface area contributed by atoms with Crippen LogP contribution in [0.25, 0.3) is 0 Å². The van der Waals surface area contributed by atoms with E-state index in [0.29, 0.717) is 6.61 Å². The summed E-state index contributed by atoms with van der Waals surface area (Å²) in [5.41, 5.74) is 0. The fraction of sp³-hybridized carbons (Fsp3) is 0.375. The molecule has 0 bridgehead atoms. The second kappa shape index (κ2) is 5.78. The topological polar surface area (TPSA) is 47.9 Å². The average molecular weight is 234 g/mol. The van der Waals surface area contributed by atoms with Gasteiger partial charge in [-0.3, -0.25) is 0 Å². The minimum Gasteiger partial charge on any atom is -0.475 e. The molecule has 0 unspecified atom stereocenters. The van der Waals surface area contributed by atoms with Gasteiger partial charge in [-0.1, -0.05) is 17.7 Å². The van der Waals surface area contributed by atoms with Crippen LogP contribution in [-0.2, 0) is 0 Å². The Bertz CT molecular complexity index is 319. The molecule has 0 aliphatic heterocycles. The number of aromatic nitrogens is 3. The maximum Gasteiger partial charge on any atom is 0.256 e. The molecule has 1 heterocycles. The van der Waals surface area contributed by atoms with E-state index < -0.39 is 0 Å². The molecule has 1 rings (SSSR count). The molecule has 14 heavy (non-hydrogen) atoms. The highest BCUT2D eigenvalue weighted by Gasteiger charge is 2.06. The SMILES string of the molecule is C=CCCCOc1nc(Cl)nnc1Cl. The van der Waals surface area contributed by atoms with Crippen LogP contribution in [0.15, 0.2) is 12.7 Å². The van der Waals surface area contributed by atoms with Gasteiger partial charge in [-0.2, -0.15) is 4.98 Å². The fourth-order valence-corrected chi connectivity index (χ4v) is 1.02. The summed E-state index contributed by atoms with van der Waals surface area (Å²) in [5.74, 6) is 0.218. The van der Waals surface area contributed by atoms with Crippen molar-refractivity contribution in [2.75, 3.05) is 6.61 Å². The van der Waals surface area contributed by atoms with Gasteiger partial charge in [-0.05, 0) is 24.4 Å². The lowest BCUT2D eigenvalue weighted by Gasteiger charge is -2.04. The predicted molar refractivity (Wildman–Crippen MR) is 54.8 cm³/mol. The zero-order valence-electron chi connectivity index (χ0n) is 7.41. The Morgan fingerprint density at radius 3 is 2.86 bits per heavy atom. The monoisotopic (exact) mass is 233 g/mol. The van der Waals surface area contributed by atoms with E-state index in [1.165, 1.54) is 0 Å². The predicted octanol–water partition coefficient (Wildman–Crippen LogP) is 2.52. The number of rotatable bonds is 5. The van der Waals surface area contributed by atoms with Crippen molar-refractivity contribution in [3.63, 3.8) is 0 Å². The minimum atomic E-state index is 0.0214. The molecule has 0 N–H and O–H groups in total. The van der Waals surface area contributed by atoms with E-state index in [1.54, 1.807) is 0 Å².